The topological polar surface area (TPSA) is 81.0 Å². The fourth-order valence-corrected chi connectivity index (χ4v) is 4.09. The number of rotatable bonds is 2. The number of halogens is 4. The molecule has 0 aliphatic carbocycles. The van der Waals surface area contributed by atoms with Gasteiger partial charge in [-0.25, -0.2) is 4.39 Å². The summed E-state index contributed by atoms with van der Waals surface area (Å²) in [5.41, 5.74) is 1.11. The van der Waals surface area contributed by atoms with E-state index in [2.05, 4.69) is 15.5 Å². The molecule has 0 spiro atoms. The highest BCUT2D eigenvalue weighted by molar-refractivity contribution is 6.00. The molecule has 168 valence electrons. The molecule has 1 amide bonds. The molecule has 0 saturated heterocycles. The number of benzene rings is 1. The first-order chi connectivity index (χ1) is 15.2. The fourth-order valence-electron chi connectivity index (χ4n) is 4.09. The molecule has 4 heterocycles. The van der Waals surface area contributed by atoms with E-state index in [1.807, 2.05) is 0 Å². The van der Waals surface area contributed by atoms with Crippen LogP contribution in [-0.4, -0.2) is 58.4 Å². The lowest BCUT2D eigenvalue weighted by Gasteiger charge is -2.21. The summed E-state index contributed by atoms with van der Waals surface area (Å²) in [7, 11) is 1.06. The Hall–Kier alpha value is -3.57. The Balaban J connectivity index is 1.58. The molecule has 1 aromatic carbocycles. The van der Waals surface area contributed by atoms with Gasteiger partial charge in [-0.05, 0) is 12.1 Å². The Morgan fingerprint density at radius 1 is 1.28 bits per heavy atom. The summed E-state index contributed by atoms with van der Waals surface area (Å²) in [6, 6.07) is 4.25. The van der Waals surface area contributed by atoms with E-state index in [0.29, 0.717) is 34.2 Å². The van der Waals surface area contributed by atoms with E-state index in [-0.39, 0.29) is 36.0 Å². The van der Waals surface area contributed by atoms with Gasteiger partial charge < -0.3 is 19.7 Å². The fraction of sp³-hybridized carbons (Fsp3) is 0.350. The third kappa shape index (κ3) is 3.35. The molecule has 5 rings (SSSR count). The molecule has 8 nitrogen and oxygen atoms in total. The highest BCUT2D eigenvalue weighted by Crippen LogP contribution is 2.41. The van der Waals surface area contributed by atoms with E-state index in [0.717, 1.165) is 7.05 Å². The largest absolute Gasteiger partial charge is 0.493 e. The minimum absolute atomic E-state index is 0.0551. The molecule has 0 bridgehead atoms. The van der Waals surface area contributed by atoms with Gasteiger partial charge in [-0.15, -0.1) is 10.2 Å². The van der Waals surface area contributed by atoms with E-state index in [9.17, 15) is 22.4 Å². The molecular formula is C20H17F4N5O3. The van der Waals surface area contributed by atoms with Crippen molar-refractivity contribution >= 4 is 17.4 Å². The van der Waals surface area contributed by atoms with Crippen molar-refractivity contribution in [3.8, 4) is 11.5 Å². The molecule has 3 aromatic rings. The Kier molecular flexibility index (Phi) is 4.60. The molecular weight excluding hydrogens is 434 g/mol. The molecule has 32 heavy (non-hydrogen) atoms. The molecule has 0 fully saturated rings. The van der Waals surface area contributed by atoms with Crippen molar-refractivity contribution < 1.29 is 31.8 Å². The summed E-state index contributed by atoms with van der Waals surface area (Å²) in [4.78, 5) is 13.3. The molecule has 2 aliphatic rings. The number of pyridine rings is 1. The van der Waals surface area contributed by atoms with Gasteiger partial charge in [0.2, 0.25) is 0 Å². The number of hydrogen-bond donors (Lipinski definition) is 1. The summed E-state index contributed by atoms with van der Waals surface area (Å²) in [6.45, 7) is -0.896. The van der Waals surface area contributed by atoms with Crippen molar-refractivity contribution in [3.63, 3.8) is 0 Å². The number of carbonyl (C=O) groups excluding carboxylic acids is 1. The molecule has 0 unspecified atom stereocenters. The van der Waals surface area contributed by atoms with Crippen LogP contribution in [0.4, 0.5) is 23.4 Å². The lowest BCUT2D eigenvalue weighted by Crippen LogP contribution is -2.36. The SMILES string of the molecule is CN(CC(F)(F)F)C(=O)c1cc2c(n3cnnc13)NCc1c(F)ccc3c1[C@H](CO3)CO2. The van der Waals surface area contributed by atoms with Crippen LogP contribution in [0, 0.1) is 5.82 Å². The first kappa shape index (κ1) is 20.3. The number of nitrogens with one attached hydrogen (secondary N) is 1. The van der Waals surface area contributed by atoms with Gasteiger partial charge >= 0.3 is 6.18 Å². The first-order valence-electron chi connectivity index (χ1n) is 9.72. The number of ether oxygens (including phenoxy) is 2. The number of nitrogens with zero attached hydrogens (tertiary/aromatic N) is 4. The quantitative estimate of drug-likeness (QED) is 0.604. The van der Waals surface area contributed by atoms with Crippen LogP contribution in [0.3, 0.4) is 0 Å². The predicted octanol–water partition coefficient (Wildman–Crippen LogP) is 2.98. The van der Waals surface area contributed by atoms with Gasteiger partial charge in [0.25, 0.3) is 5.91 Å². The standard InChI is InChI=1S/C20H17F4N5O3/c1-28(8-20(22,23)24)19(30)11-4-15-18(29-9-26-27-17(11)29)25-5-12-13(21)2-3-14-16(12)10(6-31-14)7-32-15/h2-4,9-10,25H,5-8H2,1H3/t10-/m1/s1. The van der Waals surface area contributed by atoms with Gasteiger partial charge in [0.05, 0.1) is 24.7 Å². The lowest BCUT2D eigenvalue weighted by molar-refractivity contribution is -0.138. The zero-order valence-corrected chi connectivity index (χ0v) is 16.7. The van der Waals surface area contributed by atoms with Crippen molar-refractivity contribution in [2.45, 2.75) is 18.6 Å². The van der Waals surface area contributed by atoms with E-state index >= 15 is 0 Å². The lowest BCUT2D eigenvalue weighted by atomic mass is 9.96. The maximum atomic E-state index is 14.6. The average molecular weight is 451 g/mol. The number of carbonyl (C=O) groups is 1. The van der Waals surface area contributed by atoms with Crippen LogP contribution >= 0.6 is 0 Å². The average Bonchev–Trinajstić information content (AvgIpc) is 3.37. The number of amides is 1. The van der Waals surface area contributed by atoms with Crippen molar-refractivity contribution in [1.29, 1.82) is 0 Å². The van der Waals surface area contributed by atoms with Gasteiger partial charge in [-0.2, -0.15) is 13.2 Å². The van der Waals surface area contributed by atoms with Gasteiger partial charge in [0, 0.05) is 30.8 Å². The van der Waals surface area contributed by atoms with Gasteiger partial charge in [0.15, 0.2) is 17.2 Å². The number of anilines is 1. The molecule has 1 atom stereocenters. The monoisotopic (exact) mass is 451 g/mol. The molecule has 0 radical (unpaired) electrons. The second kappa shape index (κ2) is 7.24. The smallest absolute Gasteiger partial charge is 0.406 e. The second-order valence-corrected chi connectivity index (χ2v) is 7.68. The summed E-state index contributed by atoms with van der Waals surface area (Å²) in [6.07, 6.45) is -3.24. The van der Waals surface area contributed by atoms with Crippen molar-refractivity contribution in [3.05, 3.63) is 47.0 Å². The summed E-state index contributed by atoms with van der Waals surface area (Å²) >= 11 is 0. The summed E-state index contributed by atoms with van der Waals surface area (Å²) in [5, 5.41) is 10.8. The van der Waals surface area contributed by atoms with E-state index < -0.39 is 24.4 Å². The van der Waals surface area contributed by atoms with E-state index in [1.54, 1.807) is 6.07 Å². The Morgan fingerprint density at radius 3 is 2.78 bits per heavy atom. The maximum Gasteiger partial charge on any atom is 0.406 e. The van der Waals surface area contributed by atoms with Crippen LogP contribution < -0.4 is 14.8 Å². The molecule has 1 N–H and O–H groups in total. The maximum absolute atomic E-state index is 14.6. The molecule has 0 saturated carbocycles. The Labute approximate surface area is 178 Å². The number of fused-ring (bicyclic) bond motifs is 3. The zero-order chi connectivity index (χ0) is 22.6. The minimum atomic E-state index is -4.55. The summed E-state index contributed by atoms with van der Waals surface area (Å²) < 4.78 is 66.0. The molecule has 12 heteroatoms. The number of hydrogen-bond acceptors (Lipinski definition) is 6. The Morgan fingerprint density at radius 2 is 2.03 bits per heavy atom. The number of aromatic nitrogens is 3. The van der Waals surface area contributed by atoms with Crippen LogP contribution in [0.2, 0.25) is 0 Å². The highest BCUT2D eigenvalue weighted by Gasteiger charge is 2.34. The molecule has 2 aliphatic heterocycles. The van der Waals surface area contributed by atoms with Crippen LogP contribution in [0.1, 0.15) is 27.4 Å². The van der Waals surface area contributed by atoms with Crippen LogP contribution in [0.15, 0.2) is 24.5 Å². The van der Waals surface area contributed by atoms with Crippen molar-refractivity contribution in [1.82, 2.24) is 19.5 Å². The van der Waals surface area contributed by atoms with Crippen molar-refractivity contribution in [2.24, 2.45) is 0 Å². The first-order valence-corrected chi connectivity index (χ1v) is 9.72. The van der Waals surface area contributed by atoms with Crippen LogP contribution in [-0.2, 0) is 6.54 Å². The highest BCUT2D eigenvalue weighted by atomic mass is 19.4. The van der Waals surface area contributed by atoms with Gasteiger partial charge in [0.1, 0.15) is 24.4 Å². The summed E-state index contributed by atoms with van der Waals surface area (Å²) in [5.74, 6) is -0.363. The molecule has 2 aromatic heterocycles. The van der Waals surface area contributed by atoms with E-state index in [1.165, 1.54) is 22.9 Å². The van der Waals surface area contributed by atoms with Gasteiger partial charge in [-0.1, -0.05) is 0 Å². The third-order valence-corrected chi connectivity index (χ3v) is 5.51. The van der Waals surface area contributed by atoms with Crippen LogP contribution in [0.25, 0.3) is 5.65 Å². The Bertz CT molecular complexity index is 1230. The zero-order valence-electron chi connectivity index (χ0n) is 16.7. The minimum Gasteiger partial charge on any atom is -0.493 e. The van der Waals surface area contributed by atoms with Gasteiger partial charge in [-0.3, -0.25) is 9.20 Å². The number of alkyl halides is 3. The van der Waals surface area contributed by atoms with E-state index in [4.69, 9.17) is 9.47 Å². The normalized spacial score (nSPS) is 17.2. The predicted molar refractivity (Wildman–Crippen MR) is 103 cm³/mol. The van der Waals surface area contributed by atoms with Crippen LogP contribution in [0.5, 0.6) is 11.5 Å². The van der Waals surface area contributed by atoms with Crippen molar-refractivity contribution in [2.75, 3.05) is 32.1 Å². The second-order valence-electron chi connectivity index (χ2n) is 7.68. The third-order valence-electron chi connectivity index (χ3n) is 5.51.